The van der Waals surface area contributed by atoms with E-state index >= 15 is 0 Å². The second-order valence-corrected chi connectivity index (χ2v) is 4.06. The summed E-state index contributed by atoms with van der Waals surface area (Å²) in [4.78, 5) is 0. The first-order valence-electron chi connectivity index (χ1n) is 4.95. The van der Waals surface area contributed by atoms with Gasteiger partial charge >= 0.3 is 0 Å². The van der Waals surface area contributed by atoms with E-state index in [-0.39, 0.29) is 5.41 Å². The minimum absolute atomic E-state index is 0.209. The van der Waals surface area contributed by atoms with Gasteiger partial charge in [-0.25, -0.2) is 0 Å². The van der Waals surface area contributed by atoms with E-state index in [9.17, 15) is 0 Å². The highest BCUT2D eigenvalue weighted by atomic mass is 15.1. The molecule has 1 aromatic heterocycles. The van der Waals surface area contributed by atoms with Crippen LogP contribution in [0.15, 0.2) is 0 Å². The van der Waals surface area contributed by atoms with E-state index in [1.54, 1.807) is 0 Å². The maximum atomic E-state index is 4.16. The maximum absolute atomic E-state index is 4.16. The molecule has 1 heterocycles. The molecule has 0 atom stereocenters. The third kappa shape index (κ3) is 2.87. The van der Waals surface area contributed by atoms with E-state index in [2.05, 4.69) is 37.9 Å². The minimum Gasteiger partial charge on any atom is -0.282 e. The van der Waals surface area contributed by atoms with Crippen LogP contribution in [0.5, 0.6) is 0 Å². The van der Waals surface area contributed by atoms with Crippen molar-refractivity contribution in [3.05, 3.63) is 17.0 Å². The Kier molecular flexibility index (Phi) is 4.18. The molecular formula is C11H22N2. The van der Waals surface area contributed by atoms with Gasteiger partial charge in [0, 0.05) is 11.3 Å². The van der Waals surface area contributed by atoms with Gasteiger partial charge in [0.1, 0.15) is 0 Å². The first-order chi connectivity index (χ1) is 5.93. The van der Waals surface area contributed by atoms with Gasteiger partial charge in [0.15, 0.2) is 0 Å². The number of aromatic nitrogens is 2. The number of hydrogen-bond donors (Lipinski definition) is 1. The predicted molar refractivity (Wildman–Crippen MR) is 58.1 cm³/mol. The topological polar surface area (TPSA) is 28.7 Å². The Balaban J connectivity index is 0.000000671. The number of aryl methyl sites for hydroxylation is 2. The van der Waals surface area contributed by atoms with Crippen molar-refractivity contribution in [2.45, 2.75) is 53.9 Å². The highest BCUT2D eigenvalue weighted by Gasteiger charge is 2.20. The van der Waals surface area contributed by atoms with Gasteiger partial charge in [-0.1, -0.05) is 34.6 Å². The lowest BCUT2D eigenvalue weighted by atomic mass is 9.85. The SMILES string of the molecule is CC.Cc1n[nH]c(C)c1C(C)(C)C. The van der Waals surface area contributed by atoms with E-state index in [4.69, 9.17) is 0 Å². The van der Waals surface area contributed by atoms with E-state index in [0.717, 1.165) is 5.69 Å². The first-order valence-corrected chi connectivity index (χ1v) is 4.95. The Morgan fingerprint density at radius 3 is 1.69 bits per heavy atom. The Morgan fingerprint density at radius 1 is 1.08 bits per heavy atom. The van der Waals surface area contributed by atoms with Crippen LogP contribution < -0.4 is 0 Å². The van der Waals surface area contributed by atoms with Crippen LogP contribution in [0.1, 0.15) is 51.6 Å². The lowest BCUT2D eigenvalue weighted by Gasteiger charge is -2.18. The van der Waals surface area contributed by atoms with Crippen LogP contribution >= 0.6 is 0 Å². The van der Waals surface area contributed by atoms with Gasteiger partial charge in [-0.15, -0.1) is 0 Å². The van der Waals surface area contributed by atoms with Crippen molar-refractivity contribution in [2.75, 3.05) is 0 Å². The highest BCUT2D eigenvalue weighted by Crippen LogP contribution is 2.26. The van der Waals surface area contributed by atoms with Crippen LogP contribution in [0.25, 0.3) is 0 Å². The highest BCUT2D eigenvalue weighted by molar-refractivity contribution is 5.30. The summed E-state index contributed by atoms with van der Waals surface area (Å²) in [6.07, 6.45) is 0. The van der Waals surface area contributed by atoms with Crippen molar-refractivity contribution in [1.82, 2.24) is 10.2 Å². The number of nitrogens with one attached hydrogen (secondary N) is 1. The minimum atomic E-state index is 0.209. The van der Waals surface area contributed by atoms with Crippen molar-refractivity contribution >= 4 is 0 Å². The summed E-state index contributed by atoms with van der Waals surface area (Å²) in [5.41, 5.74) is 3.86. The number of nitrogens with zero attached hydrogens (tertiary/aromatic N) is 1. The quantitative estimate of drug-likeness (QED) is 0.655. The van der Waals surface area contributed by atoms with Crippen LogP contribution in [0.2, 0.25) is 0 Å². The molecule has 1 rings (SSSR count). The molecule has 76 valence electrons. The molecule has 13 heavy (non-hydrogen) atoms. The predicted octanol–water partition coefficient (Wildman–Crippen LogP) is 3.35. The molecule has 0 spiro atoms. The molecule has 0 fully saturated rings. The number of H-pyrrole nitrogens is 1. The van der Waals surface area contributed by atoms with E-state index < -0.39 is 0 Å². The molecule has 0 saturated carbocycles. The smallest absolute Gasteiger partial charge is 0.0631 e. The Hall–Kier alpha value is -0.790. The zero-order chi connectivity index (χ0) is 10.6. The molecule has 0 aromatic carbocycles. The molecule has 0 aliphatic heterocycles. The summed E-state index contributed by atoms with van der Waals surface area (Å²) >= 11 is 0. The van der Waals surface area contributed by atoms with Crippen LogP contribution in [-0.2, 0) is 5.41 Å². The fraction of sp³-hybridized carbons (Fsp3) is 0.727. The summed E-state index contributed by atoms with van der Waals surface area (Å²) < 4.78 is 0. The van der Waals surface area contributed by atoms with Gasteiger partial charge in [0.25, 0.3) is 0 Å². The summed E-state index contributed by atoms with van der Waals surface area (Å²) in [7, 11) is 0. The average Bonchev–Trinajstić information content (AvgIpc) is 2.33. The van der Waals surface area contributed by atoms with Gasteiger partial charge in [0.05, 0.1) is 5.69 Å². The van der Waals surface area contributed by atoms with Gasteiger partial charge < -0.3 is 0 Å². The van der Waals surface area contributed by atoms with Crippen LogP contribution in [0.3, 0.4) is 0 Å². The second-order valence-electron chi connectivity index (χ2n) is 4.06. The fourth-order valence-electron chi connectivity index (χ4n) is 1.66. The monoisotopic (exact) mass is 182 g/mol. The molecule has 0 unspecified atom stereocenters. The van der Waals surface area contributed by atoms with Crippen molar-refractivity contribution in [1.29, 1.82) is 0 Å². The fourth-order valence-corrected chi connectivity index (χ4v) is 1.66. The van der Waals surface area contributed by atoms with Crippen molar-refractivity contribution in [3.8, 4) is 0 Å². The summed E-state index contributed by atoms with van der Waals surface area (Å²) in [6.45, 7) is 14.7. The summed E-state index contributed by atoms with van der Waals surface area (Å²) in [5.74, 6) is 0. The third-order valence-corrected chi connectivity index (χ3v) is 1.88. The standard InChI is InChI=1S/C9H16N2.C2H6/c1-6-8(9(3,4)5)7(2)11-10-6;1-2/h1-5H3,(H,10,11);1-2H3. The van der Waals surface area contributed by atoms with Crippen LogP contribution in [0.4, 0.5) is 0 Å². The van der Waals surface area contributed by atoms with Gasteiger partial charge in [-0.3, -0.25) is 5.10 Å². The van der Waals surface area contributed by atoms with Gasteiger partial charge in [0.2, 0.25) is 0 Å². The van der Waals surface area contributed by atoms with E-state index in [1.807, 2.05) is 20.8 Å². The molecule has 0 bridgehead atoms. The number of aromatic amines is 1. The van der Waals surface area contributed by atoms with E-state index in [0.29, 0.717) is 0 Å². The van der Waals surface area contributed by atoms with Gasteiger partial charge in [-0.05, 0) is 19.3 Å². The molecule has 1 N–H and O–H groups in total. The molecule has 2 nitrogen and oxygen atoms in total. The summed E-state index contributed by atoms with van der Waals surface area (Å²) in [5, 5.41) is 7.15. The normalized spacial score (nSPS) is 10.7. The molecular weight excluding hydrogens is 160 g/mol. The lowest BCUT2D eigenvalue weighted by Crippen LogP contribution is -2.13. The maximum Gasteiger partial charge on any atom is 0.0631 e. The van der Waals surface area contributed by atoms with Crippen molar-refractivity contribution < 1.29 is 0 Å². The Bertz CT molecular complexity index is 234. The van der Waals surface area contributed by atoms with Crippen molar-refractivity contribution in [3.63, 3.8) is 0 Å². The Morgan fingerprint density at radius 2 is 1.54 bits per heavy atom. The number of hydrogen-bond acceptors (Lipinski definition) is 1. The zero-order valence-corrected chi connectivity index (χ0v) is 9.95. The molecule has 0 amide bonds. The molecule has 0 radical (unpaired) electrons. The van der Waals surface area contributed by atoms with E-state index in [1.165, 1.54) is 11.3 Å². The Labute approximate surface area is 81.8 Å². The molecule has 0 saturated heterocycles. The lowest BCUT2D eigenvalue weighted by molar-refractivity contribution is 0.582. The van der Waals surface area contributed by atoms with Gasteiger partial charge in [-0.2, -0.15) is 5.10 Å². The molecule has 0 aliphatic rings. The second kappa shape index (κ2) is 4.45. The summed E-state index contributed by atoms with van der Waals surface area (Å²) in [6, 6.07) is 0. The number of rotatable bonds is 0. The zero-order valence-electron chi connectivity index (χ0n) is 9.95. The first kappa shape index (κ1) is 12.2. The van der Waals surface area contributed by atoms with Crippen LogP contribution in [-0.4, -0.2) is 10.2 Å². The third-order valence-electron chi connectivity index (χ3n) is 1.88. The van der Waals surface area contributed by atoms with Crippen LogP contribution in [0, 0.1) is 13.8 Å². The molecule has 1 aromatic rings. The average molecular weight is 182 g/mol. The molecule has 0 aliphatic carbocycles. The largest absolute Gasteiger partial charge is 0.282 e. The molecule has 2 heteroatoms. The van der Waals surface area contributed by atoms with Crippen molar-refractivity contribution in [2.24, 2.45) is 0 Å².